The van der Waals surface area contributed by atoms with Gasteiger partial charge in [-0.25, -0.2) is 0 Å². The molecule has 0 amide bonds. The summed E-state index contributed by atoms with van der Waals surface area (Å²) >= 11 is 3.81. The van der Waals surface area contributed by atoms with Crippen LogP contribution in [0.5, 0.6) is 5.75 Å². The molecular weight excluding hydrogens is 302 g/mol. The first kappa shape index (κ1) is 13.4. The lowest BCUT2D eigenvalue weighted by Crippen LogP contribution is -2.15. The van der Waals surface area contributed by atoms with Gasteiger partial charge in [0.25, 0.3) is 0 Å². The number of hydrogen-bond donors (Lipinski definition) is 1. The van der Waals surface area contributed by atoms with E-state index in [1.54, 1.807) is 7.11 Å². The number of nitrogens with one attached hydrogen (secondary N) is 1. The summed E-state index contributed by atoms with van der Waals surface area (Å²) in [6.45, 7) is 1.13. The molecule has 1 atom stereocenters. The lowest BCUT2D eigenvalue weighted by molar-refractivity contribution is 0.399. The Bertz CT molecular complexity index is 466. The number of methoxy groups -OCH3 is 1. The third-order valence-corrected chi connectivity index (χ3v) is 5.30. The molecule has 0 bridgehead atoms. The summed E-state index contributed by atoms with van der Waals surface area (Å²) in [5.41, 5.74) is 4.37. The van der Waals surface area contributed by atoms with Crippen LogP contribution in [0.4, 0.5) is 0 Å². The van der Waals surface area contributed by atoms with Gasteiger partial charge in [0, 0.05) is 11.6 Å². The maximum atomic E-state index is 5.71. The van der Waals surface area contributed by atoms with Gasteiger partial charge in [0.2, 0.25) is 0 Å². The standard InChI is InChI=1S/C16H22BrNO/c1-19-16-13(14-8-5-9-18-14)10-11-6-3-2-4-7-12(11)15(16)17/h10,14,18H,2-9H2,1H3. The number of fused-ring (bicyclic) bond motifs is 1. The van der Waals surface area contributed by atoms with Crippen molar-refractivity contribution in [2.24, 2.45) is 0 Å². The van der Waals surface area contributed by atoms with Crippen molar-refractivity contribution >= 4 is 15.9 Å². The highest BCUT2D eigenvalue weighted by atomic mass is 79.9. The smallest absolute Gasteiger partial charge is 0.138 e. The Morgan fingerprint density at radius 2 is 2.05 bits per heavy atom. The van der Waals surface area contributed by atoms with Crippen molar-refractivity contribution < 1.29 is 4.74 Å². The third kappa shape index (κ3) is 2.55. The van der Waals surface area contributed by atoms with Crippen LogP contribution in [0.2, 0.25) is 0 Å². The average Bonchev–Trinajstić information content (AvgIpc) is 2.84. The van der Waals surface area contributed by atoms with Gasteiger partial charge >= 0.3 is 0 Å². The molecule has 104 valence electrons. The first-order valence-electron chi connectivity index (χ1n) is 7.42. The Morgan fingerprint density at radius 3 is 2.79 bits per heavy atom. The predicted molar refractivity (Wildman–Crippen MR) is 81.9 cm³/mol. The fourth-order valence-electron chi connectivity index (χ4n) is 3.45. The molecule has 0 aromatic heterocycles. The number of rotatable bonds is 2. The zero-order chi connectivity index (χ0) is 13.2. The fraction of sp³-hybridized carbons (Fsp3) is 0.625. The van der Waals surface area contributed by atoms with Crippen molar-refractivity contribution in [3.8, 4) is 5.75 Å². The van der Waals surface area contributed by atoms with Crippen molar-refractivity contribution in [3.05, 3.63) is 27.2 Å². The number of ether oxygens (including phenoxy) is 1. The molecule has 1 aliphatic carbocycles. The molecule has 1 heterocycles. The van der Waals surface area contributed by atoms with Gasteiger partial charge < -0.3 is 10.1 Å². The maximum Gasteiger partial charge on any atom is 0.138 e. The van der Waals surface area contributed by atoms with E-state index in [1.165, 1.54) is 66.1 Å². The van der Waals surface area contributed by atoms with Crippen LogP contribution in [0, 0.1) is 0 Å². The van der Waals surface area contributed by atoms with Crippen molar-refractivity contribution in [2.45, 2.75) is 51.0 Å². The van der Waals surface area contributed by atoms with E-state index in [0.29, 0.717) is 6.04 Å². The first-order valence-corrected chi connectivity index (χ1v) is 8.22. The van der Waals surface area contributed by atoms with Gasteiger partial charge in [-0.15, -0.1) is 0 Å². The fourth-order valence-corrected chi connectivity index (χ4v) is 4.29. The molecule has 1 unspecified atom stereocenters. The normalized spacial score (nSPS) is 22.9. The highest BCUT2D eigenvalue weighted by Crippen LogP contribution is 2.41. The van der Waals surface area contributed by atoms with Gasteiger partial charge in [0.1, 0.15) is 5.75 Å². The molecule has 19 heavy (non-hydrogen) atoms. The molecule has 1 saturated heterocycles. The minimum atomic E-state index is 0.472. The van der Waals surface area contributed by atoms with Crippen LogP contribution < -0.4 is 10.1 Å². The van der Waals surface area contributed by atoms with E-state index in [-0.39, 0.29) is 0 Å². The number of aryl methyl sites for hydroxylation is 1. The van der Waals surface area contributed by atoms with Crippen LogP contribution in [0.3, 0.4) is 0 Å². The van der Waals surface area contributed by atoms with Gasteiger partial charge in [0.15, 0.2) is 0 Å². The molecule has 3 heteroatoms. The lowest BCUT2D eigenvalue weighted by Gasteiger charge is -2.21. The molecule has 0 saturated carbocycles. The Hall–Kier alpha value is -0.540. The summed E-state index contributed by atoms with van der Waals surface area (Å²) in [6, 6.07) is 2.88. The van der Waals surface area contributed by atoms with Crippen molar-refractivity contribution in [2.75, 3.05) is 13.7 Å². The van der Waals surface area contributed by atoms with Crippen LogP contribution in [0.15, 0.2) is 10.5 Å². The molecule has 0 radical (unpaired) electrons. The van der Waals surface area contributed by atoms with Gasteiger partial charge in [-0.05, 0) is 72.1 Å². The average molecular weight is 324 g/mol. The molecule has 3 rings (SSSR count). The zero-order valence-electron chi connectivity index (χ0n) is 11.6. The van der Waals surface area contributed by atoms with Gasteiger partial charge in [-0.1, -0.05) is 12.5 Å². The van der Waals surface area contributed by atoms with Crippen molar-refractivity contribution in [3.63, 3.8) is 0 Å². The molecule has 1 aromatic rings. The molecule has 0 spiro atoms. The van der Waals surface area contributed by atoms with E-state index < -0.39 is 0 Å². The number of benzene rings is 1. The summed E-state index contributed by atoms with van der Waals surface area (Å²) in [4.78, 5) is 0. The second-order valence-electron chi connectivity index (χ2n) is 5.66. The zero-order valence-corrected chi connectivity index (χ0v) is 13.2. The monoisotopic (exact) mass is 323 g/mol. The molecular formula is C16H22BrNO. The van der Waals surface area contributed by atoms with E-state index in [0.717, 1.165) is 12.3 Å². The van der Waals surface area contributed by atoms with Crippen LogP contribution in [0.25, 0.3) is 0 Å². The summed E-state index contributed by atoms with van der Waals surface area (Å²) in [5.74, 6) is 1.06. The Morgan fingerprint density at radius 1 is 1.21 bits per heavy atom. The Balaban J connectivity index is 2.08. The minimum absolute atomic E-state index is 0.472. The van der Waals surface area contributed by atoms with E-state index in [1.807, 2.05) is 0 Å². The molecule has 1 aliphatic heterocycles. The SMILES string of the molecule is COc1c(C2CCCN2)cc2c(c1Br)CCCCC2. The highest BCUT2D eigenvalue weighted by molar-refractivity contribution is 9.10. The summed E-state index contributed by atoms with van der Waals surface area (Å²) < 4.78 is 6.92. The molecule has 1 N–H and O–H groups in total. The Kier molecular flexibility index (Phi) is 4.13. The van der Waals surface area contributed by atoms with Crippen molar-refractivity contribution in [1.82, 2.24) is 5.32 Å². The number of hydrogen-bond acceptors (Lipinski definition) is 2. The third-order valence-electron chi connectivity index (χ3n) is 4.46. The van der Waals surface area contributed by atoms with E-state index in [2.05, 4.69) is 27.3 Å². The topological polar surface area (TPSA) is 21.3 Å². The van der Waals surface area contributed by atoms with Crippen molar-refractivity contribution in [1.29, 1.82) is 0 Å². The highest BCUT2D eigenvalue weighted by Gasteiger charge is 2.25. The van der Waals surface area contributed by atoms with Gasteiger partial charge in [-0.2, -0.15) is 0 Å². The quantitative estimate of drug-likeness (QED) is 0.825. The van der Waals surface area contributed by atoms with Crippen LogP contribution in [0.1, 0.15) is 54.8 Å². The van der Waals surface area contributed by atoms with Crippen LogP contribution in [-0.2, 0) is 12.8 Å². The summed E-state index contributed by atoms with van der Waals surface area (Å²) in [5, 5.41) is 3.60. The van der Waals surface area contributed by atoms with Crippen LogP contribution >= 0.6 is 15.9 Å². The van der Waals surface area contributed by atoms with Crippen LogP contribution in [-0.4, -0.2) is 13.7 Å². The molecule has 2 nitrogen and oxygen atoms in total. The maximum absolute atomic E-state index is 5.71. The second kappa shape index (κ2) is 5.84. The summed E-state index contributed by atoms with van der Waals surface area (Å²) in [7, 11) is 1.79. The largest absolute Gasteiger partial charge is 0.495 e. The molecule has 2 aliphatic rings. The minimum Gasteiger partial charge on any atom is -0.495 e. The van der Waals surface area contributed by atoms with Gasteiger partial charge in [-0.3, -0.25) is 0 Å². The predicted octanol–water partition coefficient (Wildman–Crippen LogP) is 4.15. The van der Waals surface area contributed by atoms with E-state index >= 15 is 0 Å². The Labute approximate surface area is 124 Å². The molecule has 1 fully saturated rings. The van der Waals surface area contributed by atoms with E-state index in [9.17, 15) is 0 Å². The second-order valence-corrected chi connectivity index (χ2v) is 6.45. The number of halogens is 1. The van der Waals surface area contributed by atoms with E-state index in [4.69, 9.17) is 4.74 Å². The van der Waals surface area contributed by atoms with Gasteiger partial charge in [0.05, 0.1) is 11.6 Å². The first-order chi connectivity index (χ1) is 9.31. The summed E-state index contributed by atoms with van der Waals surface area (Å²) in [6.07, 6.45) is 8.87. The molecule has 1 aromatic carbocycles. The lowest BCUT2D eigenvalue weighted by atomic mass is 9.95.